The minimum absolute atomic E-state index is 0.00252. The van der Waals surface area contributed by atoms with Crippen LogP contribution in [-0.4, -0.2) is 65.1 Å². The molecule has 0 spiro atoms. The second-order valence-corrected chi connectivity index (χ2v) is 7.10. The molecule has 0 heterocycles. The minimum Gasteiger partial charge on any atom is -0.399 e. The van der Waals surface area contributed by atoms with Crippen molar-refractivity contribution in [1.29, 1.82) is 0 Å². The number of nitrogens with one attached hydrogen (secondary N) is 1. The van der Waals surface area contributed by atoms with Crippen LogP contribution in [0.25, 0.3) is 0 Å². The van der Waals surface area contributed by atoms with Gasteiger partial charge in [-0.25, -0.2) is 0 Å². The summed E-state index contributed by atoms with van der Waals surface area (Å²) in [6.07, 6.45) is 4.67. The predicted molar refractivity (Wildman–Crippen MR) is 111 cm³/mol. The number of aliphatic hydroxyl groups excluding tert-OH is 3. The van der Waals surface area contributed by atoms with Crippen LogP contribution >= 0.6 is 0 Å². The van der Waals surface area contributed by atoms with Crippen molar-refractivity contribution < 1.29 is 20.4 Å². The molecule has 2 rings (SSSR count). The van der Waals surface area contributed by atoms with Gasteiger partial charge in [0.15, 0.2) is 6.29 Å². The van der Waals surface area contributed by atoms with Crippen LogP contribution in [0, 0.1) is 5.92 Å². The Hall–Kier alpha value is -2.10. The van der Waals surface area contributed by atoms with E-state index in [4.69, 9.17) is 11.5 Å². The van der Waals surface area contributed by atoms with Crippen molar-refractivity contribution >= 4 is 11.4 Å². The van der Waals surface area contributed by atoms with E-state index in [0.29, 0.717) is 31.8 Å². The molecule has 8 heteroatoms. The fourth-order valence-corrected chi connectivity index (χ4v) is 3.37. The van der Waals surface area contributed by atoms with Crippen molar-refractivity contribution in [2.75, 3.05) is 43.1 Å². The first kappa shape index (κ1) is 22.2. The van der Waals surface area contributed by atoms with E-state index in [0.717, 1.165) is 11.4 Å². The summed E-state index contributed by atoms with van der Waals surface area (Å²) in [6.45, 7) is 1.40. The van der Waals surface area contributed by atoms with Gasteiger partial charge in [0.05, 0.1) is 13.2 Å². The van der Waals surface area contributed by atoms with Gasteiger partial charge >= 0.3 is 0 Å². The van der Waals surface area contributed by atoms with E-state index in [2.05, 4.69) is 5.32 Å². The van der Waals surface area contributed by atoms with Crippen LogP contribution in [0.1, 0.15) is 12.8 Å². The maximum atomic E-state index is 9.23. The number of nitrogens with zero attached hydrogens (tertiary/aromatic N) is 1. The summed E-state index contributed by atoms with van der Waals surface area (Å²) in [5.74, 6) is -0.120. The van der Waals surface area contributed by atoms with E-state index >= 15 is 0 Å². The summed E-state index contributed by atoms with van der Waals surface area (Å²) in [5, 5.41) is 40.2. The third kappa shape index (κ3) is 6.22. The van der Waals surface area contributed by atoms with Crippen LogP contribution in [0.5, 0.6) is 0 Å². The van der Waals surface area contributed by atoms with Gasteiger partial charge < -0.3 is 42.1 Å². The lowest BCUT2D eigenvalue weighted by Crippen LogP contribution is -2.49. The molecule has 1 aromatic rings. The Morgan fingerprint density at radius 1 is 1.18 bits per heavy atom. The second-order valence-electron chi connectivity index (χ2n) is 7.10. The molecule has 0 radical (unpaired) electrons. The number of rotatable bonds is 11. The van der Waals surface area contributed by atoms with Crippen LogP contribution in [-0.2, 0) is 0 Å². The molecule has 1 aliphatic rings. The lowest BCUT2D eigenvalue weighted by molar-refractivity contribution is -0.0495. The van der Waals surface area contributed by atoms with E-state index in [1.165, 1.54) is 0 Å². The van der Waals surface area contributed by atoms with E-state index in [1.807, 2.05) is 41.3 Å². The van der Waals surface area contributed by atoms with Gasteiger partial charge in [-0.1, -0.05) is 18.2 Å². The number of nitrogens with two attached hydrogens (primary N) is 2. The zero-order valence-electron chi connectivity index (χ0n) is 16.0. The number of aliphatic hydroxyl groups is 4. The molecule has 2 atom stereocenters. The van der Waals surface area contributed by atoms with Crippen molar-refractivity contribution in [3.8, 4) is 0 Å². The number of hydrogen-bond donors (Lipinski definition) is 7. The topological polar surface area (TPSA) is 148 Å². The smallest absolute Gasteiger partial charge is 0.151 e. The summed E-state index contributed by atoms with van der Waals surface area (Å²) in [5.41, 5.74) is 14.1. The Morgan fingerprint density at radius 3 is 2.54 bits per heavy atom. The van der Waals surface area contributed by atoms with Crippen molar-refractivity contribution in [2.45, 2.75) is 24.7 Å². The normalized spacial score (nSPS) is 21.6. The monoisotopic (exact) mass is 392 g/mol. The highest BCUT2D eigenvalue weighted by Gasteiger charge is 2.33. The zero-order chi connectivity index (χ0) is 20.6. The van der Waals surface area contributed by atoms with E-state index in [1.54, 1.807) is 6.08 Å². The molecular formula is C20H32N4O4. The Bertz CT molecular complexity index is 674. The van der Waals surface area contributed by atoms with Gasteiger partial charge in [0.2, 0.25) is 0 Å². The van der Waals surface area contributed by atoms with Gasteiger partial charge in [-0.15, -0.1) is 0 Å². The third-order valence-corrected chi connectivity index (χ3v) is 4.98. The zero-order valence-corrected chi connectivity index (χ0v) is 16.0. The Balaban J connectivity index is 2.08. The van der Waals surface area contributed by atoms with E-state index < -0.39 is 11.8 Å². The SMILES string of the molecule is NC1=CC(CNc2cccc(N(CCO)CCO)c2)C(N)(CCC(O)O)C=C1. The Morgan fingerprint density at radius 2 is 1.89 bits per heavy atom. The van der Waals surface area contributed by atoms with Gasteiger partial charge in [-0.2, -0.15) is 0 Å². The standard InChI is InChI=1S/C20H32N4O4/c21-16-4-6-20(22,7-5-19(27)28)15(12-16)14-23-17-2-1-3-18(13-17)24(8-10-25)9-11-26/h1-4,6,12-13,15,19,23,25-28H,5,7-11,14,21-22H2. The number of hydrogen-bond acceptors (Lipinski definition) is 8. The van der Waals surface area contributed by atoms with Gasteiger partial charge in [0.25, 0.3) is 0 Å². The first-order chi connectivity index (χ1) is 13.4. The van der Waals surface area contributed by atoms with Gasteiger partial charge in [0.1, 0.15) is 0 Å². The van der Waals surface area contributed by atoms with Crippen molar-refractivity contribution in [2.24, 2.45) is 17.4 Å². The van der Waals surface area contributed by atoms with Crippen LogP contribution in [0.4, 0.5) is 11.4 Å². The molecule has 1 aliphatic carbocycles. The van der Waals surface area contributed by atoms with Crippen LogP contribution < -0.4 is 21.7 Å². The molecule has 0 aromatic heterocycles. The largest absolute Gasteiger partial charge is 0.399 e. The molecular weight excluding hydrogens is 360 g/mol. The highest BCUT2D eigenvalue weighted by Crippen LogP contribution is 2.29. The number of anilines is 2. The quantitative estimate of drug-likeness (QED) is 0.254. The second kappa shape index (κ2) is 10.4. The maximum Gasteiger partial charge on any atom is 0.151 e. The van der Waals surface area contributed by atoms with Crippen LogP contribution in [0.3, 0.4) is 0 Å². The first-order valence-electron chi connectivity index (χ1n) is 9.50. The molecule has 9 N–H and O–H groups in total. The molecule has 0 bridgehead atoms. The molecule has 0 saturated heterocycles. The average molecular weight is 393 g/mol. The van der Waals surface area contributed by atoms with Crippen molar-refractivity contribution in [3.63, 3.8) is 0 Å². The molecule has 28 heavy (non-hydrogen) atoms. The van der Waals surface area contributed by atoms with Gasteiger partial charge in [0, 0.05) is 48.2 Å². The Labute approximate surface area is 165 Å². The van der Waals surface area contributed by atoms with Crippen LogP contribution in [0.15, 0.2) is 48.2 Å². The summed E-state index contributed by atoms with van der Waals surface area (Å²) in [4.78, 5) is 1.91. The van der Waals surface area contributed by atoms with Gasteiger partial charge in [-0.3, -0.25) is 0 Å². The van der Waals surface area contributed by atoms with Crippen molar-refractivity contribution in [3.05, 3.63) is 48.2 Å². The first-order valence-corrected chi connectivity index (χ1v) is 9.50. The fraction of sp³-hybridized carbons (Fsp3) is 0.500. The lowest BCUT2D eigenvalue weighted by Gasteiger charge is -2.36. The van der Waals surface area contributed by atoms with Crippen LogP contribution in [0.2, 0.25) is 0 Å². The molecule has 156 valence electrons. The highest BCUT2D eigenvalue weighted by molar-refractivity contribution is 5.58. The minimum atomic E-state index is -1.40. The summed E-state index contributed by atoms with van der Waals surface area (Å²) >= 11 is 0. The summed E-state index contributed by atoms with van der Waals surface area (Å²) in [6, 6.07) is 7.71. The van der Waals surface area contributed by atoms with Gasteiger partial charge in [-0.05, 0) is 37.1 Å². The van der Waals surface area contributed by atoms with E-state index in [-0.39, 0.29) is 25.6 Å². The molecule has 0 aliphatic heterocycles. The number of allylic oxidation sites excluding steroid dienone is 1. The van der Waals surface area contributed by atoms with Crippen molar-refractivity contribution in [1.82, 2.24) is 0 Å². The summed E-state index contributed by atoms with van der Waals surface area (Å²) in [7, 11) is 0. The molecule has 0 saturated carbocycles. The fourth-order valence-electron chi connectivity index (χ4n) is 3.37. The summed E-state index contributed by atoms with van der Waals surface area (Å²) < 4.78 is 0. The Kier molecular flexibility index (Phi) is 8.28. The average Bonchev–Trinajstić information content (AvgIpc) is 2.67. The molecule has 8 nitrogen and oxygen atoms in total. The van der Waals surface area contributed by atoms with E-state index in [9.17, 15) is 20.4 Å². The molecule has 2 unspecified atom stereocenters. The number of benzene rings is 1. The third-order valence-electron chi connectivity index (χ3n) is 4.98. The maximum absolute atomic E-state index is 9.23. The molecule has 0 fully saturated rings. The highest BCUT2D eigenvalue weighted by atomic mass is 16.5. The molecule has 1 aromatic carbocycles. The predicted octanol–water partition coefficient (Wildman–Crippen LogP) is -0.293. The molecule has 0 amide bonds. The lowest BCUT2D eigenvalue weighted by atomic mass is 9.77.